The number of aliphatic carboxylic acids is 1. The van der Waals surface area contributed by atoms with Crippen LogP contribution in [-0.4, -0.2) is 46.6 Å². The molecule has 16 heavy (non-hydrogen) atoms. The number of rotatable bonds is 7. The summed E-state index contributed by atoms with van der Waals surface area (Å²) in [6.45, 7) is 2.34. The van der Waals surface area contributed by atoms with Gasteiger partial charge in [0.15, 0.2) is 0 Å². The Morgan fingerprint density at radius 2 is 1.50 bits per heavy atom. The minimum absolute atomic E-state index is 0.134. The van der Waals surface area contributed by atoms with E-state index in [1.54, 1.807) is 0 Å². The van der Waals surface area contributed by atoms with Crippen molar-refractivity contribution in [2.75, 3.05) is 13.1 Å². The number of ketones is 2. The Bertz CT molecular complexity index is 297. The van der Waals surface area contributed by atoms with Gasteiger partial charge in [-0.3, -0.25) is 24.6 Å². The molecule has 0 heterocycles. The topological polar surface area (TPSA) is 104 Å². The number of hydrazine groups is 1. The van der Waals surface area contributed by atoms with E-state index in [-0.39, 0.29) is 24.7 Å². The molecule has 0 rings (SSSR count). The van der Waals surface area contributed by atoms with Gasteiger partial charge in [-0.05, 0) is 13.8 Å². The van der Waals surface area contributed by atoms with Crippen molar-refractivity contribution >= 4 is 23.4 Å². The molecule has 0 spiro atoms. The zero-order valence-electron chi connectivity index (χ0n) is 9.15. The first-order chi connectivity index (χ1) is 7.31. The minimum atomic E-state index is -1.27. The fraction of sp³-hybridized carbons (Fsp3) is 0.556. The molecule has 0 saturated carbocycles. The molecule has 2 N–H and O–H groups in total. The summed E-state index contributed by atoms with van der Waals surface area (Å²) in [5.41, 5.74) is 2.18. The second-order valence-electron chi connectivity index (χ2n) is 3.37. The summed E-state index contributed by atoms with van der Waals surface area (Å²) in [7, 11) is 0. The third kappa shape index (κ3) is 7.63. The van der Waals surface area contributed by atoms with Gasteiger partial charge in [-0.15, -0.1) is 0 Å². The molecule has 0 unspecified atom stereocenters. The van der Waals surface area contributed by atoms with Gasteiger partial charge in [-0.25, -0.2) is 5.01 Å². The van der Waals surface area contributed by atoms with Crippen molar-refractivity contribution in [1.29, 1.82) is 0 Å². The summed E-state index contributed by atoms with van der Waals surface area (Å²) in [5, 5.41) is 9.44. The van der Waals surface area contributed by atoms with Crippen molar-refractivity contribution in [3.63, 3.8) is 0 Å². The average molecular weight is 230 g/mol. The van der Waals surface area contributed by atoms with Crippen LogP contribution in [0, 0.1) is 0 Å². The quantitative estimate of drug-likeness (QED) is 0.428. The number of nitrogens with one attached hydrogen (secondary N) is 1. The highest BCUT2D eigenvalue weighted by molar-refractivity contribution is 5.93. The number of carbonyl (C=O) groups is 4. The summed E-state index contributed by atoms with van der Waals surface area (Å²) in [4.78, 5) is 42.9. The van der Waals surface area contributed by atoms with E-state index >= 15 is 0 Å². The largest absolute Gasteiger partial charge is 0.481 e. The molecule has 0 aliphatic carbocycles. The van der Waals surface area contributed by atoms with Gasteiger partial charge >= 0.3 is 5.97 Å². The molecule has 0 atom stereocenters. The molecule has 0 aliphatic rings. The van der Waals surface area contributed by atoms with Gasteiger partial charge in [-0.1, -0.05) is 0 Å². The average Bonchev–Trinajstić information content (AvgIpc) is 1.97. The number of carboxylic acids is 1. The highest BCUT2D eigenvalue weighted by atomic mass is 16.4. The molecular weight excluding hydrogens is 216 g/mol. The molecule has 90 valence electrons. The van der Waals surface area contributed by atoms with Gasteiger partial charge in [0.2, 0.25) is 5.91 Å². The molecule has 0 aromatic heterocycles. The van der Waals surface area contributed by atoms with Gasteiger partial charge in [0.05, 0.1) is 13.1 Å². The standard InChI is InChI=1S/C9H14N2O5/c1-6(12)4-11(5-7(2)13)10-8(14)3-9(15)16/h3-5H2,1-2H3,(H,10,14)(H,15,16). The van der Waals surface area contributed by atoms with E-state index < -0.39 is 18.3 Å². The van der Waals surface area contributed by atoms with Crippen LogP contribution in [0.25, 0.3) is 0 Å². The Kier molecular flexibility index (Phi) is 5.94. The van der Waals surface area contributed by atoms with Crippen LogP contribution in [0.1, 0.15) is 20.3 Å². The van der Waals surface area contributed by atoms with Crippen molar-refractivity contribution < 1.29 is 24.3 Å². The highest BCUT2D eigenvalue weighted by Gasteiger charge is 2.14. The first-order valence-electron chi connectivity index (χ1n) is 4.56. The molecule has 0 fully saturated rings. The van der Waals surface area contributed by atoms with E-state index in [1.165, 1.54) is 13.8 Å². The summed E-state index contributed by atoms with van der Waals surface area (Å²) >= 11 is 0. The van der Waals surface area contributed by atoms with E-state index in [0.29, 0.717) is 0 Å². The lowest BCUT2D eigenvalue weighted by atomic mass is 10.3. The Hall–Kier alpha value is -1.76. The first-order valence-corrected chi connectivity index (χ1v) is 4.56. The van der Waals surface area contributed by atoms with Crippen LogP contribution in [0.2, 0.25) is 0 Å². The van der Waals surface area contributed by atoms with Gasteiger partial charge in [-0.2, -0.15) is 0 Å². The van der Waals surface area contributed by atoms with Gasteiger partial charge in [0.25, 0.3) is 0 Å². The molecule has 0 radical (unpaired) electrons. The third-order valence-corrected chi connectivity index (χ3v) is 1.42. The van der Waals surface area contributed by atoms with Crippen LogP contribution in [0.4, 0.5) is 0 Å². The number of hydrogen-bond acceptors (Lipinski definition) is 5. The zero-order chi connectivity index (χ0) is 12.7. The Labute approximate surface area is 92.4 Å². The minimum Gasteiger partial charge on any atom is -0.481 e. The van der Waals surface area contributed by atoms with Crippen LogP contribution >= 0.6 is 0 Å². The Morgan fingerprint density at radius 1 is 1.06 bits per heavy atom. The summed E-state index contributed by atoms with van der Waals surface area (Å²) in [6.07, 6.45) is -0.702. The molecule has 1 amide bonds. The van der Waals surface area contributed by atoms with Crippen LogP contribution in [-0.2, 0) is 19.2 Å². The number of amides is 1. The first kappa shape index (κ1) is 14.2. The van der Waals surface area contributed by atoms with E-state index in [2.05, 4.69) is 5.43 Å². The fourth-order valence-electron chi connectivity index (χ4n) is 1.03. The normalized spacial score (nSPS) is 9.94. The number of Topliss-reactive ketones (excluding diaryl/α,β-unsaturated/α-hetero) is 2. The van der Waals surface area contributed by atoms with Crippen LogP contribution in [0.5, 0.6) is 0 Å². The Balaban J connectivity index is 4.29. The maximum Gasteiger partial charge on any atom is 0.312 e. The lowest BCUT2D eigenvalue weighted by Gasteiger charge is -2.19. The van der Waals surface area contributed by atoms with Crippen LogP contribution in [0.15, 0.2) is 0 Å². The Morgan fingerprint density at radius 3 is 1.81 bits per heavy atom. The molecule has 7 heteroatoms. The molecule has 0 aromatic rings. The van der Waals surface area contributed by atoms with Crippen molar-refractivity contribution in [2.45, 2.75) is 20.3 Å². The monoisotopic (exact) mass is 230 g/mol. The van der Waals surface area contributed by atoms with Crippen molar-refractivity contribution in [2.24, 2.45) is 0 Å². The van der Waals surface area contributed by atoms with E-state index in [0.717, 1.165) is 5.01 Å². The number of hydrogen-bond donors (Lipinski definition) is 2. The lowest BCUT2D eigenvalue weighted by Crippen LogP contribution is -2.47. The van der Waals surface area contributed by atoms with Gasteiger partial charge < -0.3 is 5.11 Å². The molecular formula is C9H14N2O5. The molecule has 7 nitrogen and oxygen atoms in total. The number of carboxylic acid groups (broad SMARTS) is 1. The second-order valence-corrected chi connectivity index (χ2v) is 3.37. The maximum absolute atomic E-state index is 11.1. The SMILES string of the molecule is CC(=O)CN(CC(C)=O)NC(=O)CC(=O)O. The highest BCUT2D eigenvalue weighted by Crippen LogP contribution is 1.88. The molecule has 0 bridgehead atoms. The predicted octanol–water partition coefficient (Wildman–Crippen LogP) is -1.03. The second kappa shape index (κ2) is 6.67. The van der Waals surface area contributed by atoms with Crippen LogP contribution < -0.4 is 5.43 Å². The van der Waals surface area contributed by atoms with E-state index in [9.17, 15) is 19.2 Å². The fourth-order valence-corrected chi connectivity index (χ4v) is 1.03. The summed E-state index contributed by atoms with van der Waals surface area (Å²) < 4.78 is 0. The zero-order valence-corrected chi connectivity index (χ0v) is 9.15. The smallest absolute Gasteiger partial charge is 0.312 e. The molecule has 0 aromatic carbocycles. The predicted molar refractivity (Wildman–Crippen MR) is 53.3 cm³/mol. The van der Waals surface area contributed by atoms with Gasteiger partial charge in [0, 0.05) is 0 Å². The van der Waals surface area contributed by atoms with Crippen molar-refractivity contribution in [3.8, 4) is 0 Å². The summed E-state index contributed by atoms with van der Waals surface area (Å²) in [6, 6.07) is 0. The van der Waals surface area contributed by atoms with Crippen molar-refractivity contribution in [1.82, 2.24) is 10.4 Å². The van der Waals surface area contributed by atoms with E-state index in [1.807, 2.05) is 0 Å². The van der Waals surface area contributed by atoms with Crippen LogP contribution in [0.3, 0.4) is 0 Å². The lowest BCUT2D eigenvalue weighted by molar-refractivity contribution is -0.142. The molecule has 0 saturated heterocycles. The summed E-state index contributed by atoms with van der Waals surface area (Å²) in [5.74, 6) is -2.52. The molecule has 0 aliphatic heterocycles. The van der Waals surface area contributed by atoms with E-state index in [4.69, 9.17) is 5.11 Å². The maximum atomic E-state index is 11.1. The number of carbonyl (C=O) groups excluding carboxylic acids is 3. The van der Waals surface area contributed by atoms with Gasteiger partial charge in [0.1, 0.15) is 18.0 Å². The van der Waals surface area contributed by atoms with Crippen molar-refractivity contribution in [3.05, 3.63) is 0 Å². The number of nitrogens with zero attached hydrogens (tertiary/aromatic N) is 1. The third-order valence-electron chi connectivity index (χ3n) is 1.42.